The van der Waals surface area contributed by atoms with Crippen LogP contribution < -0.4 is 4.72 Å². The highest BCUT2D eigenvalue weighted by Crippen LogP contribution is 2.11. The molecule has 1 aliphatic heterocycles. The molecule has 1 heterocycles. The van der Waals surface area contributed by atoms with Crippen LogP contribution in [-0.2, 0) is 14.8 Å². The van der Waals surface area contributed by atoms with Crippen LogP contribution in [-0.4, -0.2) is 44.6 Å². The summed E-state index contributed by atoms with van der Waals surface area (Å²) in [6.07, 6.45) is 2.18. The highest BCUT2D eigenvalue weighted by atomic mass is 32.2. The molecule has 1 saturated heterocycles. The Morgan fingerprint density at radius 1 is 1.47 bits per heavy atom. The van der Waals surface area contributed by atoms with Crippen molar-refractivity contribution in [2.24, 2.45) is 5.92 Å². The van der Waals surface area contributed by atoms with E-state index >= 15 is 0 Å². The Kier molecular flexibility index (Phi) is 5.39. The Morgan fingerprint density at radius 3 is 2.71 bits per heavy atom. The van der Waals surface area contributed by atoms with E-state index in [4.69, 9.17) is 0 Å². The van der Waals surface area contributed by atoms with E-state index < -0.39 is 10.0 Å². The summed E-state index contributed by atoms with van der Waals surface area (Å²) in [5.74, 6) is 0.513. The van der Waals surface area contributed by atoms with Gasteiger partial charge in [0.2, 0.25) is 15.9 Å². The maximum Gasteiger partial charge on any atom is 0.222 e. The third kappa shape index (κ3) is 5.04. The standard InChI is InChI=1S/C11H22N2O3S/c1-3-7-17(15,16)12-8-10(2)9-13-6-4-5-11(13)14/h10,12H,3-9H2,1-2H3/t10-/m1/s1. The van der Waals surface area contributed by atoms with Gasteiger partial charge in [0, 0.05) is 26.1 Å². The Hall–Kier alpha value is -0.620. The molecule has 0 aliphatic carbocycles. The van der Waals surface area contributed by atoms with Crippen molar-refractivity contribution in [2.45, 2.75) is 33.1 Å². The van der Waals surface area contributed by atoms with Crippen LogP contribution in [0.1, 0.15) is 33.1 Å². The topological polar surface area (TPSA) is 66.5 Å². The van der Waals surface area contributed by atoms with Gasteiger partial charge in [0.1, 0.15) is 0 Å². The van der Waals surface area contributed by atoms with E-state index in [-0.39, 0.29) is 17.6 Å². The van der Waals surface area contributed by atoms with Crippen molar-refractivity contribution in [3.63, 3.8) is 0 Å². The third-order valence-electron chi connectivity index (χ3n) is 2.83. The lowest BCUT2D eigenvalue weighted by Gasteiger charge is -2.20. The monoisotopic (exact) mass is 262 g/mol. The van der Waals surface area contributed by atoms with E-state index in [0.717, 1.165) is 13.0 Å². The van der Waals surface area contributed by atoms with Crippen molar-refractivity contribution in [3.05, 3.63) is 0 Å². The molecule has 1 rings (SSSR count). The molecule has 17 heavy (non-hydrogen) atoms. The number of rotatable bonds is 7. The van der Waals surface area contributed by atoms with Gasteiger partial charge in [-0.05, 0) is 18.8 Å². The molecular formula is C11H22N2O3S. The predicted molar refractivity (Wildman–Crippen MR) is 67.1 cm³/mol. The number of likely N-dealkylation sites (tertiary alicyclic amines) is 1. The number of hydrogen-bond donors (Lipinski definition) is 1. The van der Waals surface area contributed by atoms with Crippen LogP contribution in [0.25, 0.3) is 0 Å². The molecule has 0 bridgehead atoms. The van der Waals surface area contributed by atoms with Gasteiger partial charge >= 0.3 is 0 Å². The van der Waals surface area contributed by atoms with Gasteiger partial charge < -0.3 is 4.90 Å². The van der Waals surface area contributed by atoms with Crippen molar-refractivity contribution in [3.8, 4) is 0 Å². The zero-order valence-electron chi connectivity index (χ0n) is 10.6. The van der Waals surface area contributed by atoms with Gasteiger partial charge in [0.15, 0.2) is 0 Å². The fraction of sp³-hybridized carbons (Fsp3) is 0.909. The Morgan fingerprint density at radius 2 is 2.18 bits per heavy atom. The lowest BCUT2D eigenvalue weighted by molar-refractivity contribution is -0.128. The first-order chi connectivity index (χ1) is 7.94. The first-order valence-electron chi connectivity index (χ1n) is 6.19. The maximum absolute atomic E-state index is 11.4. The van der Waals surface area contributed by atoms with Gasteiger partial charge in [-0.2, -0.15) is 0 Å². The summed E-state index contributed by atoms with van der Waals surface area (Å²) < 4.78 is 25.5. The molecule has 0 saturated carbocycles. The van der Waals surface area contributed by atoms with Crippen molar-refractivity contribution in [2.75, 3.05) is 25.4 Å². The Labute approximate surface area is 104 Å². The van der Waals surface area contributed by atoms with E-state index in [2.05, 4.69) is 4.72 Å². The largest absolute Gasteiger partial charge is 0.342 e. The van der Waals surface area contributed by atoms with Crippen LogP contribution in [0.3, 0.4) is 0 Å². The molecule has 1 aliphatic rings. The summed E-state index contributed by atoms with van der Waals surface area (Å²) in [5, 5.41) is 0. The molecule has 100 valence electrons. The van der Waals surface area contributed by atoms with E-state index in [9.17, 15) is 13.2 Å². The molecular weight excluding hydrogens is 240 g/mol. The van der Waals surface area contributed by atoms with E-state index in [1.54, 1.807) is 0 Å². The number of nitrogens with zero attached hydrogens (tertiary/aromatic N) is 1. The predicted octanol–water partition coefficient (Wildman–Crippen LogP) is 0.574. The van der Waals surface area contributed by atoms with Crippen LogP contribution in [0.5, 0.6) is 0 Å². The van der Waals surface area contributed by atoms with Crippen LogP contribution in [0, 0.1) is 5.92 Å². The highest BCUT2D eigenvalue weighted by Gasteiger charge is 2.22. The molecule has 0 aromatic rings. The minimum absolute atomic E-state index is 0.156. The average Bonchev–Trinajstić information content (AvgIpc) is 2.62. The van der Waals surface area contributed by atoms with E-state index in [1.807, 2.05) is 18.7 Å². The minimum Gasteiger partial charge on any atom is -0.342 e. The normalized spacial score (nSPS) is 18.7. The second kappa shape index (κ2) is 6.35. The Bertz CT molecular complexity index is 354. The first kappa shape index (κ1) is 14.4. The van der Waals surface area contributed by atoms with Gasteiger partial charge in [-0.1, -0.05) is 13.8 Å². The van der Waals surface area contributed by atoms with Gasteiger partial charge in [-0.25, -0.2) is 13.1 Å². The minimum atomic E-state index is -3.13. The third-order valence-corrected chi connectivity index (χ3v) is 4.38. The van der Waals surface area contributed by atoms with Gasteiger partial charge in [0.25, 0.3) is 0 Å². The molecule has 5 nitrogen and oxygen atoms in total. The number of nitrogens with one attached hydrogen (secondary N) is 1. The summed E-state index contributed by atoms with van der Waals surface area (Å²) in [5.41, 5.74) is 0. The SMILES string of the molecule is CCCS(=O)(=O)NC[C@@H](C)CN1CCCC1=O. The lowest BCUT2D eigenvalue weighted by atomic mass is 10.2. The second-order valence-corrected chi connectivity index (χ2v) is 6.64. The van der Waals surface area contributed by atoms with Gasteiger partial charge in [-0.15, -0.1) is 0 Å². The number of carbonyl (C=O) groups is 1. The molecule has 6 heteroatoms. The highest BCUT2D eigenvalue weighted by molar-refractivity contribution is 7.89. The molecule has 1 fully saturated rings. The summed E-state index contributed by atoms with van der Waals surface area (Å²) in [6, 6.07) is 0. The summed E-state index contributed by atoms with van der Waals surface area (Å²) in [4.78, 5) is 13.2. The first-order valence-corrected chi connectivity index (χ1v) is 7.85. The second-order valence-electron chi connectivity index (χ2n) is 4.72. The maximum atomic E-state index is 11.4. The fourth-order valence-electron chi connectivity index (χ4n) is 1.95. The summed E-state index contributed by atoms with van der Waals surface area (Å²) in [7, 11) is -3.13. The number of amides is 1. The smallest absolute Gasteiger partial charge is 0.222 e. The summed E-state index contributed by atoms with van der Waals surface area (Å²) in [6.45, 7) is 5.66. The molecule has 0 radical (unpaired) electrons. The zero-order chi connectivity index (χ0) is 12.9. The van der Waals surface area contributed by atoms with Crippen molar-refractivity contribution >= 4 is 15.9 Å². The van der Waals surface area contributed by atoms with E-state index in [0.29, 0.717) is 25.9 Å². The molecule has 0 spiro atoms. The fourth-order valence-corrected chi connectivity index (χ4v) is 3.17. The van der Waals surface area contributed by atoms with Gasteiger partial charge in [0.05, 0.1) is 5.75 Å². The molecule has 1 N–H and O–H groups in total. The average molecular weight is 262 g/mol. The molecule has 1 atom stereocenters. The van der Waals surface area contributed by atoms with Crippen LogP contribution in [0.4, 0.5) is 0 Å². The van der Waals surface area contributed by atoms with Crippen molar-refractivity contribution in [1.29, 1.82) is 0 Å². The van der Waals surface area contributed by atoms with Crippen LogP contribution in [0.2, 0.25) is 0 Å². The summed E-state index contributed by atoms with van der Waals surface area (Å²) >= 11 is 0. The van der Waals surface area contributed by atoms with Crippen molar-refractivity contribution in [1.82, 2.24) is 9.62 Å². The molecule has 0 aromatic heterocycles. The molecule has 0 aromatic carbocycles. The van der Waals surface area contributed by atoms with Crippen LogP contribution in [0.15, 0.2) is 0 Å². The number of hydrogen-bond acceptors (Lipinski definition) is 3. The Balaban J connectivity index is 2.30. The molecule has 1 amide bonds. The lowest BCUT2D eigenvalue weighted by Crippen LogP contribution is -2.36. The number of carbonyl (C=O) groups excluding carboxylic acids is 1. The number of sulfonamides is 1. The van der Waals surface area contributed by atoms with Gasteiger partial charge in [-0.3, -0.25) is 4.79 Å². The van der Waals surface area contributed by atoms with Crippen LogP contribution >= 0.6 is 0 Å². The van der Waals surface area contributed by atoms with E-state index in [1.165, 1.54) is 0 Å². The van der Waals surface area contributed by atoms with Crippen molar-refractivity contribution < 1.29 is 13.2 Å². The molecule has 0 unspecified atom stereocenters. The quantitative estimate of drug-likeness (QED) is 0.729. The zero-order valence-corrected chi connectivity index (χ0v) is 11.4.